The van der Waals surface area contributed by atoms with Crippen molar-refractivity contribution in [2.24, 2.45) is 0 Å². The minimum atomic E-state index is -0.298. The SMILES string of the molecule is Cc1[nH]c2c(F)cccc2c1CC(=O)N1CCc2oc(C3CCOC3)nc2C1. The monoisotopic (exact) mass is 383 g/mol. The molecule has 0 radical (unpaired) electrons. The van der Waals surface area contributed by atoms with E-state index in [1.54, 1.807) is 6.07 Å². The van der Waals surface area contributed by atoms with Crippen molar-refractivity contribution in [3.05, 3.63) is 52.6 Å². The predicted molar refractivity (Wildman–Crippen MR) is 100 cm³/mol. The lowest BCUT2D eigenvalue weighted by Gasteiger charge is -2.25. The summed E-state index contributed by atoms with van der Waals surface area (Å²) >= 11 is 0. The van der Waals surface area contributed by atoms with Crippen LogP contribution in [-0.2, 0) is 28.9 Å². The Balaban J connectivity index is 1.35. The van der Waals surface area contributed by atoms with Gasteiger partial charge in [-0.3, -0.25) is 4.79 Å². The number of rotatable bonds is 3. The van der Waals surface area contributed by atoms with Crippen LogP contribution in [0.5, 0.6) is 0 Å². The molecule has 146 valence electrons. The predicted octanol–water partition coefficient (Wildman–Crippen LogP) is 3.23. The normalized spacial score (nSPS) is 19.4. The van der Waals surface area contributed by atoms with Crippen LogP contribution < -0.4 is 0 Å². The Morgan fingerprint density at radius 1 is 1.43 bits per heavy atom. The fourth-order valence-corrected chi connectivity index (χ4v) is 4.19. The number of oxazole rings is 1. The van der Waals surface area contributed by atoms with Gasteiger partial charge in [-0.1, -0.05) is 12.1 Å². The van der Waals surface area contributed by atoms with Gasteiger partial charge < -0.3 is 19.0 Å². The highest BCUT2D eigenvalue weighted by atomic mass is 19.1. The molecule has 1 saturated heterocycles. The van der Waals surface area contributed by atoms with Crippen LogP contribution in [0.15, 0.2) is 22.6 Å². The zero-order chi connectivity index (χ0) is 19.3. The van der Waals surface area contributed by atoms with Crippen molar-refractivity contribution < 1.29 is 18.3 Å². The van der Waals surface area contributed by atoms with E-state index >= 15 is 0 Å². The molecule has 1 amide bonds. The van der Waals surface area contributed by atoms with E-state index in [2.05, 4.69) is 9.97 Å². The third-order valence-electron chi connectivity index (χ3n) is 5.81. The largest absolute Gasteiger partial charge is 0.445 e. The molecular weight excluding hydrogens is 361 g/mol. The average Bonchev–Trinajstić information content (AvgIpc) is 3.41. The number of hydrogen-bond donors (Lipinski definition) is 1. The molecule has 28 heavy (non-hydrogen) atoms. The number of benzene rings is 1. The molecule has 1 atom stereocenters. The highest BCUT2D eigenvalue weighted by Gasteiger charge is 2.30. The van der Waals surface area contributed by atoms with Crippen LogP contribution >= 0.6 is 0 Å². The molecular formula is C21H22FN3O3. The first-order valence-electron chi connectivity index (χ1n) is 9.70. The highest BCUT2D eigenvalue weighted by Crippen LogP contribution is 2.30. The molecule has 1 fully saturated rings. The molecule has 2 aromatic heterocycles. The summed E-state index contributed by atoms with van der Waals surface area (Å²) in [5, 5.41) is 0.772. The van der Waals surface area contributed by atoms with Gasteiger partial charge >= 0.3 is 0 Å². The molecule has 0 bridgehead atoms. The van der Waals surface area contributed by atoms with E-state index in [4.69, 9.17) is 9.15 Å². The van der Waals surface area contributed by atoms with Crippen LogP contribution in [0.25, 0.3) is 10.9 Å². The van der Waals surface area contributed by atoms with E-state index in [9.17, 15) is 9.18 Å². The molecule has 5 rings (SSSR count). The summed E-state index contributed by atoms with van der Waals surface area (Å²) in [6.07, 6.45) is 1.84. The Morgan fingerprint density at radius 3 is 3.14 bits per heavy atom. The van der Waals surface area contributed by atoms with Gasteiger partial charge in [0.15, 0.2) is 5.89 Å². The van der Waals surface area contributed by atoms with Crippen LogP contribution in [0, 0.1) is 12.7 Å². The van der Waals surface area contributed by atoms with Crippen molar-refractivity contribution in [3.8, 4) is 0 Å². The number of nitrogens with one attached hydrogen (secondary N) is 1. The number of halogens is 1. The Labute approximate surface area is 161 Å². The molecule has 0 aliphatic carbocycles. The molecule has 7 heteroatoms. The van der Waals surface area contributed by atoms with Gasteiger partial charge in [0, 0.05) is 30.7 Å². The minimum Gasteiger partial charge on any atom is -0.445 e. The Hall–Kier alpha value is -2.67. The van der Waals surface area contributed by atoms with E-state index < -0.39 is 0 Å². The highest BCUT2D eigenvalue weighted by molar-refractivity contribution is 5.90. The lowest BCUT2D eigenvalue weighted by Crippen LogP contribution is -2.36. The van der Waals surface area contributed by atoms with Crippen molar-refractivity contribution in [3.63, 3.8) is 0 Å². The zero-order valence-corrected chi connectivity index (χ0v) is 15.8. The maximum absolute atomic E-state index is 14.0. The van der Waals surface area contributed by atoms with Gasteiger partial charge in [-0.2, -0.15) is 0 Å². The summed E-state index contributed by atoms with van der Waals surface area (Å²) in [5.41, 5.74) is 3.00. The van der Waals surface area contributed by atoms with Gasteiger partial charge in [-0.15, -0.1) is 0 Å². The first-order chi connectivity index (χ1) is 13.6. The molecule has 0 saturated carbocycles. The molecule has 6 nitrogen and oxygen atoms in total. The average molecular weight is 383 g/mol. The van der Waals surface area contributed by atoms with Crippen molar-refractivity contribution in [2.45, 2.75) is 38.6 Å². The van der Waals surface area contributed by atoms with Gasteiger partial charge in [-0.25, -0.2) is 9.37 Å². The number of carbonyl (C=O) groups excluding carboxylic acids is 1. The quantitative estimate of drug-likeness (QED) is 0.754. The van der Waals surface area contributed by atoms with Gasteiger partial charge in [0.25, 0.3) is 0 Å². The molecule has 2 aliphatic rings. The maximum Gasteiger partial charge on any atom is 0.227 e. The van der Waals surface area contributed by atoms with Gasteiger partial charge in [0.1, 0.15) is 17.3 Å². The number of fused-ring (bicyclic) bond motifs is 2. The summed E-state index contributed by atoms with van der Waals surface area (Å²) in [4.78, 5) is 22.5. The van der Waals surface area contributed by atoms with Crippen LogP contribution in [0.2, 0.25) is 0 Å². The fourth-order valence-electron chi connectivity index (χ4n) is 4.19. The molecule has 1 N–H and O–H groups in total. The van der Waals surface area contributed by atoms with Gasteiger partial charge in [0.2, 0.25) is 5.91 Å². The molecule has 1 unspecified atom stereocenters. The first-order valence-corrected chi connectivity index (χ1v) is 9.70. The van der Waals surface area contributed by atoms with Crippen LogP contribution in [-0.4, -0.2) is 40.5 Å². The lowest BCUT2D eigenvalue weighted by atomic mass is 10.1. The number of amides is 1. The summed E-state index contributed by atoms with van der Waals surface area (Å²) in [7, 11) is 0. The zero-order valence-electron chi connectivity index (χ0n) is 15.8. The van der Waals surface area contributed by atoms with Crippen molar-refractivity contribution in [2.75, 3.05) is 19.8 Å². The van der Waals surface area contributed by atoms with Crippen molar-refractivity contribution >= 4 is 16.8 Å². The van der Waals surface area contributed by atoms with E-state index in [0.29, 0.717) is 31.6 Å². The Bertz CT molecular complexity index is 1050. The number of aromatic nitrogens is 2. The number of carbonyl (C=O) groups is 1. The van der Waals surface area contributed by atoms with E-state index in [1.807, 2.05) is 17.9 Å². The number of para-hydroxylation sites is 1. The number of aryl methyl sites for hydroxylation is 1. The van der Waals surface area contributed by atoms with E-state index in [1.165, 1.54) is 6.07 Å². The number of aromatic amines is 1. The van der Waals surface area contributed by atoms with E-state index in [0.717, 1.165) is 47.0 Å². The van der Waals surface area contributed by atoms with Crippen molar-refractivity contribution in [1.29, 1.82) is 0 Å². The molecule has 1 aromatic carbocycles. The third-order valence-corrected chi connectivity index (χ3v) is 5.81. The van der Waals surface area contributed by atoms with Gasteiger partial charge in [-0.05, 0) is 25.0 Å². The molecule has 4 heterocycles. The minimum absolute atomic E-state index is 0.0210. The number of nitrogens with zero attached hydrogens (tertiary/aromatic N) is 2. The summed E-state index contributed by atoms with van der Waals surface area (Å²) in [6, 6.07) is 4.95. The van der Waals surface area contributed by atoms with Crippen LogP contribution in [0.1, 0.15) is 40.9 Å². The summed E-state index contributed by atoms with van der Waals surface area (Å²) < 4.78 is 25.4. The topological polar surface area (TPSA) is 71.4 Å². The smallest absolute Gasteiger partial charge is 0.227 e. The second-order valence-corrected chi connectivity index (χ2v) is 7.62. The Morgan fingerprint density at radius 2 is 2.32 bits per heavy atom. The summed E-state index contributed by atoms with van der Waals surface area (Å²) in [5.74, 6) is 1.56. The van der Waals surface area contributed by atoms with E-state index in [-0.39, 0.29) is 24.1 Å². The number of ether oxygens (including phenoxy) is 1. The molecule has 2 aliphatic heterocycles. The third kappa shape index (κ3) is 2.90. The van der Waals surface area contributed by atoms with Crippen molar-refractivity contribution in [1.82, 2.24) is 14.9 Å². The van der Waals surface area contributed by atoms with Crippen LogP contribution in [0.4, 0.5) is 4.39 Å². The number of hydrogen-bond acceptors (Lipinski definition) is 4. The fraction of sp³-hybridized carbons (Fsp3) is 0.429. The van der Waals surface area contributed by atoms with Gasteiger partial charge in [0.05, 0.1) is 31.0 Å². The Kier molecular flexibility index (Phi) is 4.19. The van der Waals surface area contributed by atoms with Crippen LogP contribution in [0.3, 0.4) is 0 Å². The first kappa shape index (κ1) is 17.4. The molecule has 3 aromatic rings. The second kappa shape index (κ2) is 6.74. The number of H-pyrrole nitrogens is 1. The second-order valence-electron chi connectivity index (χ2n) is 7.62. The maximum atomic E-state index is 14.0. The standard InChI is InChI=1S/C21H22FN3O3/c1-12-15(14-3-2-4-16(22)20(14)23-12)9-19(26)25-7-5-18-17(10-25)24-21(28-18)13-6-8-27-11-13/h2-4,13,23H,5-11H2,1H3. The molecule has 0 spiro atoms. The summed E-state index contributed by atoms with van der Waals surface area (Å²) in [6.45, 7) is 4.34. The lowest BCUT2D eigenvalue weighted by molar-refractivity contribution is -0.131.